The molecule has 0 aromatic carbocycles. The molecule has 0 aliphatic rings. The van der Waals surface area contributed by atoms with Crippen molar-refractivity contribution in [2.45, 2.75) is 53.5 Å². The Balaban J connectivity index is 2.10. The highest BCUT2D eigenvalue weighted by Crippen LogP contribution is 2.24. The topological polar surface area (TPSA) is 37.8 Å². The number of aryl methyl sites for hydroxylation is 1. The number of nitrogens with one attached hydrogen (secondary N) is 1. The third-order valence-corrected chi connectivity index (χ3v) is 5.06. The minimum absolute atomic E-state index is 0.645. The van der Waals surface area contributed by atoms with Crippen LogP contribution in [-0.4, -0.2) is 16.5 Å². The SMILES string of the molecule is CCCNCc1sc(Cc2csc(C)n2)nc1CC(C)C. The Morgan fingerprint density at radius 3 is 2.71 bits per heavy atom. The fourth-order valence-electron chi connectivity index (χ4n) is 2.22. The third-order valence-electron chi connectivity index (χ3n) is 3.14. The van der Waals surface area contributed by atoms with Crippen LogP contribution in [-0.2, 0) is 19.4 Å². The van der Waals surface area contributed by atoms with Crippen molar-refractivity contribution in [3.05, 3.63) is 31.7 Å². The Labute approximate surface area is 135 Å². The number of thiazole rings is 2. The molecule has 0 spiro atoms. The Morgan fingerprint density at radius 1 is 1.29 bits per heavy atom. The summed E-state index contributed by atoms with van der Waals surface area (Å²) in [6, 6.07) is 0. The lowest BCUT2D eigenvalue weighted by Gasteiger charge is -2.05. The first kappa shape index (κ1) is 16.6. The molecule has 2 rings (SSSR count). The lowest BCUT2D eigenvalue weighted by atomic mass is 10.1. The van der Waals surface area contributed by atoms with Crippen LogP contribution in [0.2, 0.25) is 0 Å². The largest absolute Gasteiger partial charge is 0.312 e. The van der Waals surface area contributed by atoms with E-state index in [2.05, 4.69) is 43.4 Å². The summed E-state index contributed by atoms with van der Waals surface area (Å²) in [5.74, 6) is 0.645. The van der Waals surface area contributed by atoms with Crippen LogP contribution in [0.1, 0.15) is 53.5 Å². The number of hydrogen-bond acceptors (Lipinski definition) is 5. The van der Waals surface area contributed by atoms with Gasteiger partial charge < -0.3 is 5.32 Å². The fraction of sp³-hybridized carbons (Fsp3) is 0.625. The van der Waals surface area contributed by atoms with E-state index in [-0.39, 0.29) is 0 Å². The molecular weight excluding hydrogens is 298 g/mol. The van der Waals surface area contributed by atoms with Crippen molar-refractivity contribution in [1.82, 2.24) is 15.3 Å². The molecule has 0 bridgehead atoms. The van der Waals surface area contributed by atoms with Crippen molar-refractivity contribution in [1.29, 1.82) is 0 Å². The van der Waals surface area contributed by atoms with E-state index in [4.69, 9.17) is 4.98 Å². The van der Waals surface area contributed by atoms with Gasteiger partial charge in [0, 0.05) is 23.2 Å². The second-order valence-corrected chi connectivity index (χ2v) is 8.02. The molecule has 0 unspecified atom stereocenters. The van der Waals surface area contributed by atoms with Gasteiger partial charge in [-0.15, -0.1) is 22.7 Å². The molecule has 0 saturated carbocycles. The summed E-state index contributed by atoms with van der Waals surface area (Å²) in [5.41, 5.74) is 2.43. The first-order valence-electron chi connectivity index (χ1n) is 7.67. The number of rotatable bonds is 8. The Hall–Kier alpha value is -0.780. The summed E-state index contributed by atoms with van der Waals surface area (Å²) in [6.45, 7) is 10.8. The zero-order valence-electron chi connectivity index (χ0n) is 13.4. The first-order valence-corrected chi connectivity index (χ1v) is 9.37. The highest BCUT2D eigenvalue weighted by molar-refractivity contribution is 7.11. The van der Waals surface area contributed by atoms with Crippen molar-refractivity contribution in [3.63, 3.8) is 0 Å². The van der Waals surface area contributed by atoms with Crippen molar-refractivity contribution >= 4 is 22.7 Å². The molecule has 0 amide bonds. The van der Waals surface area contributed by atoms with Crippen LogP contribution in [0.5, 0.6) is 0 Å². The van der Waals surface area contributed by atoms with E-state index in [1.165, 1.54) is 22.0 Å². The normalized spacial score (nSPS) is 11.5. The number of nitrogens with zero attached hydrogens (tertiary/aromatic N) is 2. The standard InChI is InChI=1S/C16H25N3S2/c1-5-6-17-9-15-14(7-11(2)3)19-16(21-15)8-13-10-20-12(4)18-13/h10-11,17H,5-9H2,1-4H3. The predicted octanol–water partition coefficient (Wildman–Crippen LogP) is 4.20. The molecule has 0 aliphatic carbocycles. The van der Waals surface area contributed by atoms with Gasteiger partial charge in [-0.2, -0.15) is 0 Å². The van der Waals surface area contributed by atoms with Crippen molar-refractivity contribution in [2.75, 3.05) is 6.54 Å². The summed E-state index contributed by atoms with van der Waals surface area (Å²) in [4.78, 5) is 10.8. The number of aromatic nitrogens is 2. The maximum atomic E-state index is 4.88. The maximum absolute atomic E-state index is 4.88. The van der Waals surface area contributed by atoms with Gasteiger partial charge in [-0.05, 0) is 32.2 Å². The Kier molecular flexibility index (Phi) is 6.33. The van der Waals surface area contributed by atoms with Crippen LogP contribution < -0.4 is 5.32 Å². The van der Waals surface area contributed by atoms with Crippen LogP contribution in [0.3, 0.4) is 0 Å². The van der Waals surface area contributed by atoms with Crippen LogP contribution in [0, 0.1) is 12.8 Å². The summed E-state index contributed by atoms with van der Waals surface area (Å²) < 4.78 is 0. The van der Waals surface area contributed by atoms with Gasteiger partial charge >= 0.3 is 0 Å². The zero-order chi connectivity index (χ0) is 15.2. The van der Waals surface area contributed by atoms with Crippen LogP contribution in [0.4, 0.5) is 0 Å². The van der Waals surface area contributed by atoms with E-state index in [0.29, 0.717) is 5.92 Å². The first-order chi connectivity index (χ1) is 10.1. The molecule has 5 heteroatoms. The molecule has 0 fully saturated rings. The molecule has 3 nitrogen and oxygen atoms in total. The molecule has 21 heavy (non-hydrogen) atoms. The van der Waals surface area contributed by atoms with Gasteiger partial charge in [0.15, 0.2) is 0 Å². The Bertz CT molecular complexity index is 558. The fourth-order valence-corrected chi connectivity index (χ4v) is 3.91. The summed E-state index contributed by atoms with van der Waals surface area (Å²) in [6.07, 6.45) is 3.10. The smallest absolute Gasteiger partial charge is 0.0991 e. The zero-order valence-corrected chi connectivity index (χ0v) is 15.0. The lowest BCUT2D eigenvalue weighted by molar-refractivity contribution is 0.622. The molecule has 0 saturated heterocycles. The molecule has 0 radical (unpaired) electrons. The van der Waals surface area contributed by atoms with Crippen molar-refractivity contribution in [3.8, 4) is 0 Å². The maximum Gasteiger partial charge on any atom is 0.0991 e. The molecule has 116 valence electrons. The highest BCUT2D eigenvalue weighted by Gasteiger charge is 2.13. The third kappa shape index (κ3) is 5.16. The van der Waals surface area contributed by atoms with Gasteiger partial charge in [0.1, 0.15) is 0 Å². The quantitative estimate of drug-likeness (QED) is 0.740. The van der Waals surface area contributed by atoms with E-state index < -0.39 is 0 Å². The monoisotopic (exact) mass is 323 g/mol. The second-order valence-electron chi connectivity index (χ2n) is 5.79. The van der Waals surface area contributed by atoms with Gasteiger partial charge in [-0.3, -0.25) is 0 Å². The number of hydrogen-bond donors (Lipinski definition) is 1. The predicted molar refractivity (Wildman–Crippen MR) is 92.3 cm³/mol. The van der Waals surface area contributed by atoms with Crippen molar-refractivity contribution in [2.24, 2.45) is 5.92 Å². The molecule has 0 aliphatic heterocycles. The molecular formula is C16H25N3S2. The van der Waals surface area contributed by atoms with E-state index >= 15 is 0 Å². The Morgan fingerprint density at radius 2 is 2.10 bits per heavy atom. The summed E-state index contributed by atoms with van der Waals surface area (Å²) in [7, 11) is 0. The molecule has 0 atom stereocenters. The molecule has 2 heterocycles. The summed E-state index contributed by atoms with van der Waals surface area (Å²) in [5, 5.41) is 7.98. The van der Waals surface area contributed by atoms with E-state index in [0.717, 1.165) is 36.6 Å². The van der Waals surface area contributed by atoms with Gasteiger partial charge in [0.25, 0.3) is 0 Å². The average Bonchev–Trinajstić information content (AvgIpc) is 2.97. The summed E-state index contributed by atoms with van der Waals surface area (Å²) >= 11 is 3.56. The van der Waals surface area contributed by atoms with Gasteiger partial charge in [0.05, 0.1) is 21.4 Å². The second kappa shape index (κ2) is 8.01. The van der Waals surface area contributed by atoms with Crippen LogP contribution in [0.15, 0.2) is 5.38 Å². The molecule has 2 aromatic rings. The van der Waals surface area contributed by atoms with Crippen molar-refractivity contribution < 1.29 is 0 Å². The van der Waals surface area contributed by atoms with E-state index in [1.54, 1.807) is 11.3 Å². The van der Waals surface area contributed by atoms with Crippen LogP contribution >= 0.6 is 22.7 Å². The van der Waals surface area contributed by atoms with Gasteiger partial charge in [-0.25, -0.2) is 9.97 Å². The van der Waals surface area contributed by atoms with E-state index in [1.807, 2.05) is 11.3 Å². The average molecular weight is 324 g/mol. The highest BCUT2D eigenvalue weighted by atomic mass is 32.1. The van der Waals surface area contributed by atoms with Gasteiger partial charge in [-0.1, -0.05) is 20.8 Å². The minimum Gasteiger partial charge on any atom is -0.312 e. The molecule has 1 N–H and O–H groups in total. The van der Waals surface area contributed by atoms with Gasteiger partial charge in [0.2, 0.25) is 0 Å². The van der Waals surface area contributed by atoms with Crippen LogP contribution in [0.25, 0.3) is 0 Å². The van der Waals surface area contributed by atoms with E-state index in [9.17, 15) is 0 Å². The lowest BCUT2D eigenvalue weighted by Crippen LogP contribution is -2.14. The molecule has 2 aromatic heterocycles. The minimum atomic E-state index is 0.645.